The van der Waals surface area contributed by atoms with E-state index in [9.17, 15) is 0 Å². The van der Waals surface area contributed by atoms with E-state index >= 15 is 0 Å². The number of nitrogens with two attached hydrogens (primary N) is 2. The van der Waals surface area contributed by atoms with Gasteiger partial charge in [-0.3, -0.25) is 0 Å². The molecule has 3 fully saturated rings. The Labute approximate surface area is 80.1 Å². The van der Waals surface area contributed by atoms with E-state index < -0.39 is 0 Å². The zero-order valence-corrected chi connectivity index (χ0v) is 8.21. The van der Waals surface area contributed by atoms with Gasteiger partial charge >= 0.3 is 0 Å². The van der Waals surface area contributed by atoms with Gasteiger partial charge in [0.05, 0.1) is 0 Å². The fourth-order valence-electron chi connectivity index (χ4n) is 4.55. The Kier molecular flexibility index (Phi) is 1.58. The van der Waals surface area contributed by atoms with E-state index in [1.165, 1.54) is 32.1 Å². The second-order valence-electron chi connectivity index (χ2n) is 5.50. The quantitative estimate of drug-likeness (QED) is 0.635. The van der Waals surface area contributed by atoms with Crippen molar-refractivity contribution in [2.75, 3.05) is 6.54 Å². The van der Waals surface area contributed by atoms with Crippen LogP contribution in [-0.2, 0) is 0 Å². The zero-order chi connectivity index (χ0) is 9.05. The number of rotatable bonds is 1. The predicted octanol–water partition coefficient (Wildman–Crippen LogP) is 1.10. The molecule has 0 heterocycles. The van der Waals surface area contributed by atoms with Crippen molar-refractivity contribution in [2.45, 2.75) is 37.6 Å². The number of fused-ring (bicyclic) bond motifs is 5. The molecule has 0 aromatic carbocycles. The van der Waals surface area contributed by atoms with Crippen LogP contribution in [-0.4, -0.2) is 12.1 Å². The molecule has 2 heteroatoms. The minimum Gasteiger partial charge on any atom is -0.329 e. The standard InChI is InChI=1S/C11H20N2/c12-6-11(13)5-7-4-10(11)9-3-1-2-8(7)9/h7-10H,1-6,12-13H2/t7-,8+,9?,10?,11?/m1/s1. The Morgan fingerprint density at radius 2 is 2.00 bits per heavy atom. The van der Waals surface area contributed by atoms with Crippen LogP contribution in [0.1, 0.15) is 32.1 Å². The summed E-state index contributed by atoms with van der Waals surface area (Å²) in [4.78, 5) is 0. The minimum absolute atomic E-state index is 0.0240. The van der Waals surface area contributed by atoms with E-state index in [-0.39, 0.29) is 5.54 Å². The molecule has 4 N–H and O–H groups in total. The summed E-state index contributed by atoms with van der Waals surface area (Å²) in [6, 6.07) is 0. The molecule has 0 saturated heterocycles. The van der Waals surface area contributed by atoms with Gasteiger partial charge in [-0.25, -0.2) is 0 Å². The van der Waals surface area contributed by atoms with Crippen LogP contribution in [0.25, 0.3) is 0 Å². The second-order valence-corrected chi connectivity index (χ2v) is 5.50. The highest BCUT2D eigenvalue weighted by Gasteiger charge is 2.58. The average molecular weight is 180 g/mol. The molecule has 3 aliphatic rings. The third-order valence-corrected chi connectivity index (χ3v) is 5.06. The molecule has 0 aromatic heterocycles. The van der Waals surface area contributed by atoms with Gasteiger partial charge in [0.1, 0.15) is 0 Å². The van der Waals surface area contributed by atoms with Crippen molar-refractivity contribution < 1.29 is 0 Å². The SMILES string of the molecule is NCC1(N)C[C@H]2CC1C1CCC[C@H]12. The van der Waals surface area contributed by atoms with E-state index in [0.29, 0.717) is 6.54 Å². The fourth-order valence-corrected chi connectivity index (χ4v) is 4.55. The van der Waals surface area contributed by atoms with Gasteiger partial charge in [0.25, 0.3) is 0 Å². The van der Waals surface area contributed by atoms with Crippen LogP contribution in [0.15, 0.2) is 0 Å². The molecule has 3 rings (SSSR count). The molecule has 3 aliphatic carbocycles. The topological polar surface area (TPSA) is 52.0 Å². The molecule has 0 aromatic rings. The molecule has 0 aliphatic heterocycles. The minimum atomic E-state index is 0.0240. The molecule has 2 bridgehead atoms. The molecule has 0 spiro atoms. The maximum atomic E-state index is 6.37. The van der Waals surface area contributed by atoms with Crippen molar-refractivity contribution in [3.05, 3.63) is 0 Å². The molecular weight excluding hydrogens is 160 g/mol. The van der Waals surface area contributed by atoms with Crippen molar-refractivity contribution in [3.63, 3.8) is 0 Å². The van der Waals surface area contributed by atoms with E-state index in [1.807, 2.05) is 0 Å². The van der Waals surface area contributed by atoms with Gasteiger partial charge in [-0.05, 0) is 49.4 Å². The van der Waals surface area contributed by atoms with Crippen LogP contribution in [0.2, 0.25) is 0 Å². The molecule has 0 radical (unpaired) electrons. The molecule has 0 amide bonds. The van der Waals surface area contributed by atoms with Gasteiger partial charge in [0.2, 0.25) is 0 Å². The second kappa shape index (κ2) is 2.48. The van der Waals surface area contributed by atoms with Crippen LogP contribution in [0.5, 0.6) is 0 Å². The van der Waals surface area contributed by atoms with Crippen molar-refractivity contribution in [1.29, 1.82) is 0 Å². The molecule has 2 nitrogen and oxygen atoms in total. The summed E-state index contributed by atoms with van der Waals surface area (Å²) < 4.78 is 0. The van der Waals surface area contributed by atoms with E-state index in [1.54, 1.807) is 0 Å². The lowest BCUT2D eigenvalue weighted by atomic mass is 9.71. The summed E-state index contributed by atoms with van der Waals surface area (Å²) in [5, 5.41) is 0. The van der Waals surface area contributed by atoms with Gasteiger partial charge in [0.15, 0.2) is 0 Å². The monoisotopic (exact) mass is 180 g/mol. The Hall–Kier alpha value is -0.0800. The molecule has 13 heavy (non-hydrogen) atoms. The zero-order valence-electron chi connectivity index (χ0n) is 8.21. The smallest absolute Gasteiger partial charge is 0.0312 e. The molecule has 74 valence electrons. The van der Waals surface area contributed by atoms with Gasteiger partial charge in [-0.1, -0.05) is 6.42 Å². The first-order valence-corrected chi connectivity index (χ1v) is 5.73. The summed E-state index contributed by atoms with van der Waals surface area (Å²) in [7, 11) is 0. The first-order valence-electron chi connectivity index (χ1n) is 5.73. The van der Waals surface area contributed by atoms with Crippen LogP contribution in [0.4, 0.5) is 0 Å². The number of hydrogen-bond donors (Lipinski definition) is 2. The molecule has 5 atom stereocenters. The Morgan fingerprint density at radius 3 is 2.77 bits per heavy atom. The highest BCUT2D eigenvalue weighted by atomic mass is 14.9. The lowest BCUT2D eigenvalue weighted by molar-refractivity contribution is 0.162. The van der Waals surface area contributed by atoms with Gasteiger partial charge < -0.3 is 11.5 Å². The lowest BCUT2D eigenvalue weighted by Crippen LogP contribution is -2.54. The summed E-state index contributed by atoms with van der Waals surface area (Å²) in [6.45, 7) is 0.706. The predicted molar refractivity (Wildman–Crippen MR) is 53.0 cm³/mol. The normalized spacial score (nSPS) is 58.6. The van der Waals surface area contributed by atoms with E-state index in [4.69, 9.17) is 11.5 Å². The van der Waals surface area contributed by atoms with Crippen LogP contribution >= 0.6 is 0 Å². The Balaban J connectivity index is 1.89. The van der Waals surface area contributed by atoms with E-state index in [0.717, 1.165) is 23.7 Å². The highest BCUT2D eigenvalue weighted by molar-refractivity contribution is 5.12. The Morgan fingerprint density at radius 1 is 1.23 bits per heavy atom. The number of hydrogen-bond acceptors (Lipinski definition) is 2. The maximum absolute atomic E-state index is 6.37. The summed E-state index contributed by atoms with van der Waals surface area (Å²) in [5.74, 6) is 3.70. The van der Waals surface area contributed by atoms with Crippen molar-refractivity contribution in [1.82, 2.24) is 0 Å². The van der Waals surface area contributed by atoms with Gasteiger partial charge in [0, 0.05) is 12.1 Å². The highest BCUT2D eigenvalue weighted by Crippen LogP contribution is 2.61. The van der Waals surface area contributed by atoms with Crippen molar-refractivity contribution in [2.24, 2.45) is 35.1 Å². The van der Waals surface area contributed by atoms with Crippen molar-refractivity contribution >= 4 is 0 Å². The molecule has 3 unspecified atom stereocenters. The van der Waals surface area contributed by atoms with Gasteiger partial charge in [-0.15, -0.1) is 0 Å². The summed E-state index contributed by atoms with van der Waals surface area (Å²) in [6.07, 6.45) is 6.97. The third-order valence-electron chi connectivity index (χ3n) is 5.06. The lowest BCUT2D eigenvalue weighted by Gasteiger charge is -2.39. The first-order chi connectivity index (χ1) is 6.24. The van der Waals surface area contributed by atoms with Gasteiger partial charge in [-0.2, -0.15) is 0 Å². The van der Waals surface area contributed by atoms with Crippen molar-refractivity contribution in [3.8, 4) is 0 Å². The maximum Gasteiger partial charge on any atom is 0.0312 e. The largest absolute Gasteiger partial charge is 0.329 e. The fraction of sp³-hybridized carbons (Fsp3) is 1.00. The van der Waals surface area contributed by atoms with Crippen LogP contribution in [0, 0.1) is 23.7 Å². The summed E-state index contributed by atoms with van der Waals surface area (Å²) in [5.41, 5.74) is 12.2. The van der Waals surface area contributed by atoms with Crippen LogP contribution in [0.3, 0.4) is 0 Å². The Bertz CT molecular complexity index is 228. The average Bonchev–Trinajstić information content (AvgIpc) is 2.72. The van der Waals surface area contributed by atoms with E-state index in [2.05, 4.69) is 0 Å². The summed E-state index contributed by atoms with van der Waals surface area (Å²) >= 11 is 0. The first kappa shape index (κ1) is 8.25. The molecular formula is C11H20N2. The molecule has 3 saturated carbocycles. The third kappa shape index (κ3) is 0.909. The van der Waals surface area contributed by atoms with Crippen LogP contribution < -0.4 is 11.5 Å².